The normalized spacial score (nSPS) is 16.7. The van der Waals surface area contributed by atoms with Gasteiger partial charge in [-0.05, 0) is 38.1 Å². The standard InChI is InChI=1S/C18H21F3N4O2/c1-24(13-14-5-2-3-6-15(14)27-18(19,20)21)16(26)17(7-10-22-11-8-17)25-12-4-9-23-25/h2-6,9,12,22H,7-8,10-11,13H2,1H3. The van der Waals surface area contributed by atoms with Crippen molar-refractivity contribution in [1.29, 1.82) is 0 Å². The Balaban J connectivity index is 1.83. The molecule has 1 fully saturated rings. The first-order chi connectivity index (χ1) is 12.8. The molecule has 0 radical (unpaired) electrons. The molecule has 0 atom stereocenters. The van der Waals surface area contributed by atoms with Gasteiger partial charge in [0.2, 0.25) is 0 Å². The van der Waals surface area contributed by atoms with Crippen LogP contribution in [0.25, 0.3) is 0 Å². The molecule has 1 aliphatic rings. The molecule has 0 saturated carbocycles. The van der Waals surface area contributed by atoms with Gasteiger partial charge in [0, 0.05) is 31.5 Å². The Kier molecular flexibility index (Phi) is 5.41. The lowest BCUT2D eigenvalue weighted by Gasteiger charge is -2.39. The van der Waals surface area contributed by atoms with E-state index in [9.17, 15) is 18.0 Å². The number of hydrogen-bond donors (Lipinski definition) is 1. The highest BCUT2D eigenvalue weighted by Crippen LogP contribution is 2.31. The summed E-state index contributed by atoms with van der Waals surface area (Å²) in [4.78, 5) is 14.7. The second kappa shape index (κ2) is 7.59. The first-order valence-electron chi connectivity index (χ1n) is 8.62. The summed E-state index contributed by atoms with van der Waals surface area (Å²) in [5.74, 6) is -0.488. The van der Waals surface area contributed by atoms with Gasteiger partial charge in [-0.2, -0.15) is 5.10 Å². The van der Waals surface area contributed by atoms with E-state index < -0.39 is 11.9 Å². The molecule has 1 aromatic carbocycles. The van der Waals surface area contributed by atoms with Crippen LogP contribution in [0.4, 0.5) is 13.2 Å². The van der Waals surface area contributed by atoms with E-state index in [1.165, 1.54) is 23.1 Å². The predicted octanol–water partition coefficient (Wildman–Crippen LogP) is 2.52. The first kappa shape index (κ1) is 19.2. The van der Waals surface area contributed by atoms with Crippen LogP contribution in [0.1, 0.15) is 18.4 Å². The van der Waals surface area contributed by atoms with Gasteiger partial charge < -0.3 is 15.0 Å². The molecule has 1 aliphatic heterocycles. The molecule has 0 spiro atoms. The van der Waals surface area contributed by atoms with E-state index >= 15 is 0 Å². The number of aromatic nitrogens is 2. The van der Waals surface area contributed by atoms with Crippen molar-refractivity contribution in [2.45, 2.75) is 31.3 Å². The number of amides is 1. The van der Waals surface area contributed by atoms with E-state index in [-0.39, 0.29) is 23.8 Å². The molecular formula is C18H21F3N4O2. The van der Waals surface area contributed by atoms with Gasteiger partial charge in [-0.25, -0.2) is 0 Å². The Hall–Kier alpha value is -2.55. The molecule has 146 valence electrons. The Morgan fingerprint density at radius 1 is 1.30 bits per heavy atom. The number of alkyl halides is 3. The third-order valence-corrected chi connectivity index (χ3v) is 4.72. The van der Waals surface area contributed by atoms with E-state index in [4.69, 9.17) is 0 Å². The number of piperidine rings is 1. The number of benzene rings is 1. The van der Waals surface area contributed by atoms with E-state index in [0.29, 0.717) is 25.9 Å². The average molecular weight is 382 g/mol. The van der Waals surface area contributed by atoms with Gasteiger partial charge in [0.25, 0.3) is 5.91 Å². The van der Waals surface area contributed by atoms with E-state index in [2.05, 4.69) is 15.2 Å². The highest BCUT2D eigenvalue weighted by molar-refractivity contribution is 5.84. The molecule has 1 saturated heterocycles. The minimum atomic E-state index is -4.79. The molecule has 2 aromatic rings. The number of hydrogen-bond acceptors (Lipinski definition) is 4. The maximum atomic E-state index is 13.3. The van der Waals surface area contributed by atoms with Crippen molar-refractivity contribution in [3.8, 4) is 5.75 Å². The third kappa shape index (κ3) is 4.24. The summed E-state index contributed by atoms with van der Waals surface area (Å²) in [5.41, 5.74) is -0.557. The SMILES string of the molecule is CN(Cc1ccccc1OC(F)(F)F)C(=O)C1(n2cccn2)CCNCC1. The molecule has 1 N–H and O–H groups in total. The number of para-hydroxylation sites is 1. The molecular weight excluding hydrogens is 361 g/mol. The van der Waals surface area contributed by atoms with Gasteiger partial charge in [0.1, 0.15) is 11.3 Å². The van der Waals surface area contributed by atoms with Gasteiger partial charge in [-0.3, -0.25) is 9.48 Å². The average Bonchev–Trinajstić information content (AvgIpc) is 3.17. The quantitative estimate of drug-likeness (QED) is 0.863. The van der Waals surface area contributed by atoms with Crippen LogP contribution >= 0.6 is 0 Å². The van der Waals surface area contributed by atoms with Gasteiger partial charge in [-0.15, -0.1) is 13.2 Å². The lowest BCUT2D eigenvalue weighted by molar-refractivity contribution is -0.275. The van der Waals surface area contributed by atoms with Gasteiger partial charge in [0.15, 0.2) is 0 Å². The maximum Gasteiger partial charge on any atom is 0.573 e. The maximum absolute atomic E-state index is 13.3. The smallest absolute Gasteiger partial charge is 0.405 e. The van der Waals surface area contributed by atoms with Gasteiger partial charge >= 0.3 is 6.36 Å². The van der Waals surface area contributed by atoms with Crippen molar-refractivity contribution in [1.82, 2.24) is 20.0 Å². The van der Waals surface area contributed by atoms with Crippen LogP contribution in [-0.4, -0.2) is 47.1 Å². The molecule has 0 bridgehead atoms. The number of nitrogens with one attached hydrogen (secondary N) is 1. The lowest BCUT2D eigenvalue weighted by atomic mass is 9.86. The fraction of sp³-hybridized carbons (Fsp3) is 0.444. The van der Waals surface area contributed by atoms with Crippen molar-refractivity contribution in [3.63, 3.8) is 0 Å². The van der Waals surface area contributed by atoms with Gasteiger partial charge in [-0.1, -0.05) is 18.2 Å². The first-order valence-corrected chi connectivity index (χ1v) is 8.62. The Bertz CT molecular complexity index is 771. The molecule has 9 heteroatoms. The second-order valence-electron chi connectivity index (χ2n) is 6.55. The van der Waals surface area contributed by atoms with Crippen molar-refractivity contribution < 1.29 is 22.7 Å². The van der Waals surface area contributed by atoms with Crippen LogP contribution in [0.5, 0.6) is 5.75 Å². The Morgan fingerprint density at radius 2 is 2.00 bits per heavy atom. The minimum absolute atomic E-state index is 0.00152. The number of ether oxygens (including phenoxy) is 1. The summed E-state index contributed by atoms with van der Waals surface area (Å²) < 4.78 is 43.6. The highest BCUT2D eigenvalue weighted by atomic mass is 19.4. The topological polar surface area (TPSA) is 59.4 Å². The van der Waals surface area contributed by atoms with Crippen molar-refractivity contribution >= 4 is 5.91 Å². The van der Waals surface area contributed by atoms with E-state index in [1.54, 1.807) is 36.3 Å². The lowest BCUT2D eigenvalue weighted by Crippen LogP contribution is -2.54. The van der Waals surface area contributed by atoms with Crippen LogP contribution in [0.2, 0.25) is 0 Å². The largest absolute Gasteiger partial charge is 0.573 e. The monoisotopic (exact) mass is 382 g/mol. The predicted molar refractivity (Wildman–Crippen MR) is 91.9 cm³/mol. The number of carbonyl (C=O) groups is 1. The molecule has 0 unspecified atom stereocenters. The summed E-state index contributed by atoms with van der Waals surface area (Å²) in [6.45, 7) is 1.32. The van der Waals surface area contributed by atoms with E-state index in [0.717, 1.165) is 0 Å². The molecule has 6 nitrogen and oxygen atoms in total. The van der Waals surface area contributed by atoms with Crippen LogP contribution in [0.3, 0.4) is 0 Å². The summed E-state index contributed by atoms with van der Waals surface area (Å²) >= 11 is 0. The minimum Gasteiger partial charge on any atom is -0.405 e. The number of carbonyl (C=O) groups excluding carboxylic acids is 1. The molecule has 2 heterocycles. The fourth-order valence-electron chi connectivity index (χ4n) is 3.44. The highest BCUT2D eigenvalue weighted by Gasteiger charge is 2.43. The van der Waals surface area contributed by atoms with Crippen molar-refractivity contribution in [2.75, 3.05) is 20.1 Å². The molecule has 27 heavy (non-hydrogen) atoms. The third-order valence-electron chi connectivity index (χ3n) is 4.72. The molecule has 1 aromatic heterocycles. The summed E-state index contributed by atoms with van der Waals surface area (Å²) in [5, 5.41) is 7.48. The van der Waals surface area contributed by atoms with Crippen LogP contribution < -0.4 is 10.1 Å². The fourth-order valence-corrected chi connectivity index (χ4v) is 3.44. The molecule has 0 aliphatic carbocycles. The summed E-state index contributed by atoms with van der Waals surface area (Å²) in [7, 11) is 1.58. The number of likely N-dealkylation sites (N-methyl/N-ethyl adjacent to an activating group) is 1. The summed E-state index contributed by atoms with van der Waals surface area (Å²) in [6.07, 6.45) is -0.317. The Labute approximate surface area is 154 Å². The van der Waals surface area contributed by atoms with Crippen LogP contribution in [0, 0.1) is 0 Å². The second-order valence-corrected chi connectivity index (χ2v) is 6.55. The molecule has 3 rings (SSSR count). The number of rotatable bonds is 5. The zero-order valence-electron chi connectivity index (χ0n) is 14.9. The van der Waals surface area contributed by atoms with E-state index in [1.807, 2.05) is 0 Å². The van der Waals surface area contributed by atoms with Crippen molar-refractivity contribution in [2.24, 2.45) is 0 Å². The number of halogens is 3. The molecule has 1 amide bonds. The van der Waals surface area contributed by atoms with Crippen LogP contribution in [0.15, 0.2) is 42.7 Å². The Morgan fingerprint density at radius 3 is 2.63 bits per heavy atom. The zero-order valence-corrected chi connectivity index (χ0v) is 14.9. The van der Waals surface area contributed by atoms with Crippen molar-refractivity contribution in [3.05, 3.63) is 48.3 Å². The van der Waals surface area contributed by atoms with Gasteiger partial charge in [0.05, 0.1) is 0 Å². The number of nitrogens with zero attached hydrogens (tertiary/aromatic N) is 3. The van der Waals surface area contributed by atoms with Crippen LogP contribution in [-0.2, 0) is 16.9 Å². The summed E-state index contributed by atoms with van der Waals surface area (Å²) in [6, 6.07) is 7.60. The zero-order chi connectivity index (χ0) is 19.5.